The molecular formula is C26H25FN4O. The molecule has 1 aliphatic heterocycles. The number of para-hydroxylation sites is 1. The van der Waals surface area contributed by atoms with Crippen molar-refractivity contribution in [2.75, 3.05) is 38.1 Å². The van der Waals surface area contributed by atoms with Gasteiger partial charge in [-0.25, -0.2) is 13.9 Å². The number of halogens is 1. The largest absolute Gasteiger partial charge is 0.339 e. The summed E-state index contributed by atoms with van der Waals surface area (Å²) in [7, 11) is 2.07. The zero-order chi connectivity index (χ0) is 22.1. The first-order chi connectivity index (χ1) is 15.6. The molecule has 1 saturated heterocycles. The van der Waals surface area contributed by atoms with Crippen molar-refractivity contribution in [3.8, 4) is 5.69 Å². The lowest BCUT2D eigenvalue weighted by atomic mass is 10.0. The lowest BCUT2D eigenvalue weighted by Gasteiger charge is -2.34. The maximum absolute atomic E-state index is 14.5. The third-order valence-corrected chi connectivity index (χ3v) is 6.06. The number of piperazine rings is 1. The van der Waals surface area contributed by atoms with E-state index >= 15 is 0 Å². The molecule has 0 atom stereocenters. The quantitative estimate of drug-likeness (QED) is 0.495. The Morgan fingerprint density at radius 2 is 1.53 bits per heavy atom. The van der Waals surface area contributed by atoms with Crippen LogP contribution < -0.4 is 10.5 Å². The van der Waals surface area contributed by atoms with Gasteiger partial charge in [0.15, 0.2) is 0 Å². The Morgan fingerprint density at radius 3 is 2.25 bits per heavy atom. The third kappa shape index (κ3) is 3.89. The fourth-order valence-corrected chi connectivity index (χ4v) is 4.21. The van der Waals surface area contributed by atoms with Crippen LogP contribution in [-0.4, -0.2) is 47.7 Å². The summed E-state index contributed by atoms with van der Waals surface area (Å²) in [6.07, 6.45) is 0.822. The molecule has 6 heteroatoms. The van der Waals surface area contributed by atoms with Crippen LogP contribution in [0.2, 0.25) is 0 Å². The third-order valence-electron chi connectivity index (χ3n) is 6.06. The van der Waals surface area contributed by atoms with Crippen LogP contribution in [0.1, 0.15) is 11.1 Å². The number of fused-ring (bicyclic) bond motifs is 1. The van der Waals surface area contributed by atoms with E-state index in [1.54, 1.807) is 16.7 Å². The Hall–Kier alpha value is -3.51. The lowest BCUT2D eigenvalue weighted by molar-refractivity contribution is 0.310. The number of rotatable bonds is 4. The minimum Gasteiger partial charge on any atom is -0.339 e. The number of hydrogen-bond donors (Lipinski definition) is 0. The van der Waals surface area contributed by atoms with Crippen LogP contribution in [0.15, 0.2) is 77.6 Å². The van der Waals surface area contributed by atoms with Gasteiger partial charge >= 0.3 is 0 Å². The van der Waals surface area contributed by atoms with Gasteiger partial charge in [0, 0.05) is 26.2 Å². The number of aromatic nitrogens is 2. The van der Waals surface area contributed by atoms with Gasteiger partial charge in [-0.15, -0.1) is 0 Å². The van der Waals surface area contributed by atoms with Gasteiger partial charge in [0.05, 0.1) is 11.1 Å². The molecule has 162 valence electrons. The molecular weight excluding hydrogens is 403 g/mol. The first-order valence-corrected chi connectivity index (χ1v) is 10.9. The van der Waals surface area contributed by atoms with Gasteiger partial charge in [0.1, 0.15) is 11.3 Å². The molecule has 1 aliphatic rings. The lowest BCUT2D eigenvalue weighted by Crippen LogP contribution is -2.46. The number of anilines is 1. The highest BCUT2D eigenvalue weighted by molar-refractivity contribution is 5.80. The van der Waals surface area contributed by atoms with E-state index in [-0.39, 0.29) is 16.5 Å². The Morgan fingerprint density at radius 1 is 0.844 bits per heavy atom. The molecule has 0 aliphatic carbocycles. The fourth-order valence-electron chi connectivity index (χ4n) is 4.21. The van der Waals surface area contributed by atoms with Crippen LogP contribution >= 0.6 is 0 Å². The Bertz CT molecular complexity index is 1290. The van der Waals surface area contributed by atoms with Gasteiger partial charge in [-0.2, -0.15) is 0 Å². The van der Waals surface area contributed by atoms with Crippen LogP contribution in [0.5, 0.6) is 0 Å². The summed E-state index contributed by atoms with van der Waals surface area (Å²) < 4.78 is 16.2. The van der Waals surface area contributed by atoms with Crippen LogP contribution in [0.25, 0.3) is 16.6 Å². The molecule has 1 fully saturated rings. The standard InChI is InChI=1S/C26H25FN4O/c1-29-14-16-30(17-15-29)26-28-24-22(8-5-9-23(24)27)25(32)31(26)21-12-10-20(11-13-21)18-19-6-3-2-4-7-19/h2-13H,14-18H2,1H3. The van der Waals surface area contributed by atoms with E-state index in [9.17, 15) is 9.18 Å². The average molecular weight is 429 g/mol. The molecule has 32 heavy (non-hydrogen) atoms. The van der Waals surface area contributed by atoms with Crippen molar-refractivity contribution in [1.82, 2.24) is 14.5 Å². The Balaban J connectivity index is 1.60. The van der Waals surface area contributed by atoms with E-state index < -0.39 is 5.82 Å². The summed E-state index contributed by atoms with van der Waals surface area (Å²) in [5, 5.41) is 0.288. The molecule has 0 N–H and O–H groups in total. The minimum atomic E-state index is -0.472. The van der Waals surface area contributed by atoms with Crippen LogP contribution in [0.4, 0.5) is 10.3 Å². The number of nitrogens with zero attached hydrogens (tertiary/aromatic N) is 4. The molecule has 5 rings (SSSR count). The van der Waals surface area contributed by atoms with E-state index in [1.807, 2.05) is 42.5 Å². The summed E-state index contributed by atoms with van der Waals surface area (Å²) in [5.74, 6) is 0.0249. The summed E-state index contributed by atoms with van der Waals surface area (Å²) in [6.45, 7) is 3.19. The SMILES string of the molecule is CN1CCN(c2nc3c(F)cccc3c(=O)n2-c2ccc(Cc3ccccc3)cc2)CC1. The van der Waals surface area contributed by atoms with E-state index in [4.69, 9.17) is 0 Å². The van der Waals surface area contributed by atoms with Gasteiger partial charge in [-0.1, -0.05) is 48.5 Å². The number of hydrogen-bond acceptors (Lipinski definition) is 4. The van der Waals surface area contributed by atoms with Crippen molar-refractivity contribution in [2.24, 2.45) is 0 Å². The number of likely N-dealkylation sites (N-methyl/N-ethyl adjacent to an activating group) is 1. The Kier molecular flexibility index (Phi) is 5.45. The molecule has 0 saturated carbocycles. The van der Waals surface area contributed by atoms with E-state index in [2.05, 4.69) is 34.0 Å². The molecule has 1 aromatic heterocycles. The van der Waals surface area contributed by atoms with Crippen molar-refractivity contribution in [3.05, 3.63) is 100 Å². The summed E-state index contributed by atoms with van der Waals surface area (Å²) in [4.78, 5) is 22.5. The average Bonchev–Trinajstić information content (AvgIpc) is 2.82. The molecule has 5 nitrogen and oxygen atoms in total. The van der Waals surface area contributed by atoms with Crippen LogP contribution in [-0.2, 0) is 6.42 Å². The maximum Gasteiger partial charge on any atom is 0.267 e. The van der Waals surface area contributed by atoms with Gasteiger partial charge in [0.2, 0.25) is 5.95 Å². The highest BCUT2D eigenvalue weighted by Crippen LogP contribution is 2.23. The van der Waals surface area contributed by atoms with Gasteiger partial charge in [-0.05, 0) is 48.9 Å². The van der Waals surface area contributed by atoms with Crippen molar-refractivity contribution in [2.45, 2.75) is 6.42 Å². The second-order valence-corrected chi connectivity index (χ2v) is 8.31. The van der Waals surface area contributed by atoms with Crippen molar-refractivity contribution in [1.29, 1.82) is 0 Å². The van der Waals surface area contributed by atoms with Gasteiger partial charge < -0.3 is 9.80 Å². The summed E-state index contributed by atoms with van der Waals surface area (Å²) in [5.41, 5.74) is 3.01. The second kappa shape index (κ2) is 8.55. The highest BCUT2D eigenvalue weighted by atomic mass is 19.1. The summed E-state index contributed by atoms with van der Waals surface area (Å²) in [6, 6.07) is 22.8. The summed E-state index contributed by atoms with van der Waals surface area (Å²) >= 11 is 0. The van der Waals surface area contributed by atoms with E-state index in [0.717, 1.165) is 43.9 Å². The Labute approximate surface area is 186 Å². The topological polar surface area (TPSA) is 41.4 Å². The van der Waals surface area contributed by atoms with Crippen LogP contribution in [0, 0.1) is 5.82 Å². The van der Waals surface area contributed by atoms with Gasteiger partial charge in [0.25, 0.3) is 5.56 Å². The van der Waals surface area contributed by atoms with Crippen molar-refractivity contribution >= 4 is 16.9 Å². The zero-order valence-electron chi connectivity index (χ0n) is 18.0. The smallest absolute Gasteiger partial charge is 0.267 e. The monoisotopic (exact) mass is 428 g/mol. The molecule has 0 spiro atoms. The minimum absolute atomic E-state index is 0.128. The molecule has 0 radical (unpaired) electrons. The van der Waals surface area contributed by atoms with Crippen molar-refractivity contribution < 1.29 is 4.39 Å². The predicted octanol–water partition coefficient (Wildman–Crippen LogP) is 3.87. The molecule has 3 aromatic carbocycles. The predicted molar refractivity (Wildman–Crippen MR) is 126 cm³/mol. The normalized spacial score (nSPS) is 14.8. The second-order valence-electron chi connectivity index (χ2n) is 8.31. The molecule has 0 amide bonds. The van der Waals surface area contributed by atoms with Gasteiger partial charge in [-0.3, -0.25) is 4.79 Å². The zero-order valence-corrected chi connectivity index (χ0v) is 18.0. The van der Waals surface area contributed by atoms with Crippen molar-refractivity contribution in [3.63, 3.8) is 0 Å². The van der Waals surface area contributed by atoms with Crippen LogP contribution in [0.3, 0.4) is 0 Å². The molecule has 0 bridgehead atoms. The maximum atomic E-state index is 14.5. The van der Waals surface area contributed by atoms with E-state index in [1.165, 1.54) is 11.6 Å². The molecule has 2 heterocycles. The van der Waals surface area contributed by atoms with E-state index in [0.29, 0.717) is 5.95 Å². The highest BCUT2D eigenvalue weighted by Gasteiger charge is 2.22. The first kappa shape index (κ1) is 20.4. The number of benzene rings is 3. The molecule has 0 unspecified atom stereocenters. The molecule has 4 aromatic rings. The first-order valence-electron chi connectivity index (χ1n) is 10.9. The fraction of sp³-hybridized carbons (Fsp3) is 0.231.